The Morgan fingerprint density at radius 3 is 1.97 bits per heavy atom. The maximum Gasteiger partial charge on any atom is 0.200 e. The van der Waals surface area contributed by atoms with Crippen molar-refractivity contribution in [1.29, 1.82) is 0 Å². The zero-order valence-electron chi connectivity index (χ0n) is 22.6. The third kappa shape index (κ3) is 8.78. The molecule has 1 atom stereocenters. The quantitative estimate of drug-likeness (QED) is 0.201. The molecular formula is C32H46F2O2. The van der Waals surface area contributed by atoms with Crippen LogP contribution in [-0.2, 0) is 12.8 Å². The van der Waals surface area contributed by atoms with Crippen LogP contribution in [0.3, 0.4) is 0 Å². The van der Waals surface area contributed by atoms with Gasteiger partial charge >= 0.3 is 0 Å². The predicted octanol–water partition coefficient (Wildman–Crippen LogP) is 9.72. The van der Waals surface area contributed by atoms with Crippen LogP contribution in [0, 0.1) is 11.6 Å². The van der Waals surface area contributed by atoms with Gasteiger partial charge in [-0.1, -0.05) is 90.2 Å². The standard InChI is InChI=1S/C32H46F2O2/c1-3-5-7-9-11-13-21-35-28-18-15-25(16-19-28)26-17-20-29-27(23-26)24-30(33)31(34)32(29)36-22-14-12-10-8-6-4-2/h15-16,18-19,24,26H,3-14,17,20-23H2,1-2H3. The first-order valence-corrected chi connectivity index (χ1v) is 14.5. The Kier molecular flexibility index (Phi) is 12.6. The highest BCUT2D eigenvalue weighted by atomic mass is 19.2. The summed E-state index contributed by atoms with van der Waals surface area (Å²) in [5, 5.41) is 0. The summed E-state index contributed by atoms with van der Waals surface area (Å²) < 4.78 is 40.8. The normalized spacial score (nSPS) is 15.1. The van der Waals surface area contributed by atoms with Crippen LogP contribution in [0.4, 0.5) is 8.78 Å². The van der Waals surface area contributed by atoms with Crippen molar-refractivity contribution in [3.8, 4) is 11.5 Å². The Bertz CT molecular complexity index is 894. The van der Waals surface area contributed by atoms with Gasteiger partial charge in [0, 0.05) is 5.56 Å². The first-order chi connectivity index (χ1) is 17.6. The fraction of sp³-hybridized carbons (Fsp3) is 0.625. The topological polar surface area (TPSA) is 18.5 Å². The molecular weight excluding hydrogens is 454 g/mol. The van der Waals surface area contributed by atoms with E-state index in [4.69, 9.17) is 9.47 Å². The molecule has 1 aliphatic carbocycles. The van der Waals surface area contributed by atoms with Crippen LogP contribution in [-0.4, -0.2) is 13.2 Å². The smallest absolute Gasteiger partial charge is 0.200 e. The monoisotopic (exact) mass is 500 g/mol. The molecule has 4 heteroatoms. The summed E-state index contributed by atoms with van der Waals surface area (Å²) in [6, 6.07) is 9.72. The number of rotatable bonds is 17. The van der Waals surface area contributed by atoms with E-state index in [1.807, 2.05) is 12.1 Å². The summed E-state index contributed by atoms with van der Waals surface area (Å²) in [6.07, 6.45) is 16.7. The zero-order chi connectivity index (χ0) is 25.6. The molecule has 2 nitrogen and oxygen atoms in total. The highest BCUT2D eigenvalue weighted by Gasteiger charge is 2.27. The lowest BCUT2D eigenvalue weighted by atomic mass is 9.79. The lowest BCUT2D eigenvalue weighted by Crippen LogP contribution is -2.16. The number of halogens is 2. The highest BCUT2D eigenvalue weighted by molar-refractivity contribution is 5.45. The molecule has 0 amide bonds. The number of hydrogen-bond acceptors (Lipinski definition) is 2. The Morgan fingerprint density at radius 2 is 1.33 bits per heavy atom. The Morgan fingerprint density at radius 1 is 0.750 bits per heavy atom. The molecule has 0 fully saturated rings. The molecule has 0 heterocycles. The van der Waals surface area contributed by atoms with E-state index in [1.165, 1.54) is 69.4 Å². The third-order valence-electron chi connectivity index (χ3n) is 7.44. The molecule has 2 aromatic rings. The Balaban J connectivity index is 1.50. The van der Waals surface area contributed by atoms with E-state index < -0.39 is 11.6 Å². The first-order valence-electron chi connectivity index (χ1n) is 14.5. The molecule has 0 spiro atoms. The number of ether oxygens (including phenoxy) is 2. The van der Waals surface area contributed by atoms with Gasteiger partial charge in [-0.05, 0) is 67.3 Å². The van der Waals surface area contributed by atoms with Crippen molar-refractivity contribution in [3.05, 3.63) is 58.7 Å². The van der Waals surface area contributed by atoms with Crippen molar-refractivity contribution >= 4 is 0 Å². The number of unbranched alkanes of at least 4 members (excludes halogenated alkanes) is 10. The average molecular weight is 501 g/mol. The molecule has 0 N–H and O–H groups in total. The average Bonchev–Trinajstić information content (AvgIpc) is 2.89. The maximum absolute atomic E-state index is 14.6. The molecule has 0 aromatic heterocycles. The van der Waals surface area contributed by atoms with Crippen molar-refractivity contribution in [2.75, 3.05) is 13.2 Å². The van der Waals surface area contributed by atoms with Crippen LogP contribution in [0.1, 0.15) is 120 Å². The second-order valence-corrected chi connectivity index (χ2v) is 10.4. The second-order valence-electron chi connectivity index (χ2n) is 10.4. The molecule has 1 unspecified atom stereocenters. The number of hydrogen-bond donors (Lipinski definition) is 0. The highest BCUT2D eigenvalue weighted by Crippen LogP contribution is 2.39. The van der Waals surface area contributed by atoms with Gasteiger partial charge in [0.1, 0.15) is 5.75 Å². The van der Waals surface area contributed by atoms with Crippen LogP contribution >= 0.6 is 0 Å². The minimum Gasteiger partial charge on any atom is -0.494 e. The van der Waals surface area contributed by atoms with Gasteiger partial charge in [0.15, 0.2) is 11.6 Å². The van der Waals surface area contributed by atoms with Crippen LogP contribution in [0.25, 0.3) is 0 Å². The summed E-state index contributed by atoms with van der Waals surface area (Å²) in [4.78, 5) is 0. The molecule has 200 valence electrons. The van der Waals surface area contributed by atoms with E-state index in [0.717, 1.165) is 49.2 Å². The van der Waals surface area contributed by atoms with Gasteiger partial charge in [0.2, 0.25) is 5.82 Å². The number of benzene rings is 2. The van der Waals surface area contributed by atoms with Gasteiger partial charge in [0.05, 0.1) is 13.2 Å². The van der Waals surface area contributed by atoms with E-state index in [1.54, 1.807) is 0 Å². The molecule has 0 bridgehead atoms. The number of fused-ring (bicyclic) bond motifs is 1. The van der Waals surface area contributed by atoms with E-state index in [9.17, 15) is 8.78 Å². The van der Waals surface area contributed by atoms with Gasteiger partial charge in [0.25, 0.3) is 0 Å². The minimum absolute atomic E-state index is 0.149. The predicted molar refractivity (Wildman–Crippen MR) is 145 cm³/mol. The molecule has 0 saturated heterocycles. The summed E-state index contributed by atoms with van der Waals surface area (Å²) in [7, 11) is 0. The fourth-order valence-corrected chi connectivity index (χ4v) is 5.23. The minimum atomic E-state index is -0.829. The van der Waals surface area contributed by atoms with E-state index in [-0.39, 0.29) is 5.75 Å². The summed E-state index contributed by atoms with van der Waals surface area (Å²) >= 11 is 0. The Hall–Kier alpha value is -2.10. The lowest BCUT2D eigenvalue weighted by molar-refractivity contribution is 0.279. The van der Waals surface area contributed by atoms with Crippen molar-refractivity contribution in [2.45, 2.75) is 116 Å². The van der Waals surface area contributed by atoms with Crippen molar-refractivity contribution in [1.82, 2.24) is 0 Å². The van der Waals surface area contributed by atoms with E-state index >= 15 is 0 Å². The van der Waals surface area contributed by atoms with Gasteiger partial charge in [-0.2, -0.15) is 4.39 Å². The van der Waals surface area contributed by atoms with Gasteiger partial charge in [-0.25, -0.2) is 4.39 Å². The van der Waals surface area contributed by atoms with Crippen LogP contribution in [0.2, 0.25) is 0 Å². The molecule has 0 aliphatic heterocycles. The van der Waals surface area contributed by atoms with Crippen LogP contribution in [0.15, 0.2) is 30.3 Å². The molecule has 0 saturated carbocycles. The molecule has 1 aliphatic rings. The van der Waals surface area contributed by atoms with Crippen LogP contribution < -0.4 is 9.47 Å². The van der Waals surface area contributed by atoms with Gasteiger partial charge < -0.3 is 9.47 Å². The van der Waals surface area contributed by atoms with Gasteiger partial charge in [-0.15, -0.1) is 0 Å². The SMILES string of the molecule is CCCCCCCCOc1ccc(C2CCc3c(cc(F)c(F)c3OCCCCCCCC)C2)cc1. The summed E-state index contributed by atoms with van der Waals surface area (Å²) in [5.41, 5.74) is 2.97. The lowest BCUT2D eigenvalue weighted by Gasteiger charge is -2.27. The first kappa shape index (κ1) is 28.5. The van der Waals surface area contributed by atoms with E-state index in [0.29, 0.717) is 25.4 Å². The summed E-state index contributed by atoms with van der Waals surface area (Å²) in [6.45, 7) is 5.64. The maximum atomic E-state index is 14.6. The zero-order valence-corrected chi connectivity index (χ0v) is 22.6. The third-order valence-corrected chi connectivity index (χ3v) is 7.44. The molecule has 3 rings (SSSR count). The largest absolute Gasteiger partial charge is 0.494 e. The summed E-state index contributed by atoms with van der Waals surface area (Å²) in [5.74, 6) is -0.283. The second kappa shape index (κ2) is 15.9. The Labute approximate surface area is 217 Å². The van der Waals surface area contributed by atoms with Crippen molar-refractivity contribution in [2.24, 2.45) is 0 Å². The van der Waals surface area contributed by atoms with Crippen molar-refractivity contribution in [3.63, 3.8) is 0 Å². The van der Waals surface area contributed by atoms with Crippen molar-refractivity contribution < 1.29 is 18.3 Å². The molecule has 2 aromatic carbocycles. The van der Waals surface area contributed by atoms with Crippen LogP contribution in [0.5, 0.6) is 11.5 Å². The molecule has 36 heavy (non-hydrogen) atoms. The molecule has 0 radical (unpaired) electrons. The van der Waals surface area contributed by atoms with Gasteiger partial charge in [-0.3, -0.25) is 0 Å². The fourth-order valence-electron chi connectivity index (χ4n) is 5.23. The van der Waals surface area contributed by atoms with E-state index in [2.05, 4.69) is 26.0 Å².